The molecule has 0 saturated carbocycles. The van der Waals surface area contributed by atoms with Crippen LogP contribution in [0.5, 0.6) is 0 Å². The van der Waals surface area contributed by atoms with Gasteiger partial charge in [0.1, 0.15) is 0 Å². The van der Waals surface area contributed by atoms with E-state index in [1.54, 1.807) is 11.3 Å². The van der Waals surface area contributed by atoms with Crippen molar-refractivity contribution in [2.75, 3.05) is 0 Å². The van der Waals surface area contributed by atoms with Gasteiger partial charge in [-0.05, 0) is 41.6 Å². The van der Waals surface area contributed by atoms with Crippen LogP contribution in [0.2, 0.25) is 0 Å². The Labute approximate surface area is 102 Å². The molecule has 1 unspecified atom stereocenters. The number of nitrogens with two attached hydrogens (primary N) is 1. The average molecular weight is 282 g/mol. The summed E-state index contributed by atoms with van der Waals surface area (Å²) in [5, 5.41) is 2.09. The third kappa shape index (κ3) is 2.30. The van der Waals surface area contributed by atoms with Gasteiger partial charge in [0.05, 0.1) is 6.04 Å². The highest BCUT2D eigenvalue weighted by molar-refractivity contribution is 9.10. The zero-order valence-corrected chi connectivity index (χ0v) is 10.8. The smallest absolute Gasteiger partial charge is 0.0562 e. The molecule has 1 aromatic heterocycles. The van der Waals surface area contributed by atoms with Crippen LogP contribution in [0.4, 0.5) is 0 Å². The molecule has 1 nitrogen and oxygen atoms in total. The number of hydrogen-bond donors (Lipinski definition) is 1. The molecule has 3 heteroatoms. The Kier molecular flexibility index (Phi) is 3.24. The molecule has 1 atom stereocenters. The van der Waals surface area contributed by atoms with Crippen molar-refractivity contribution in [3.63, 3.8) is 0 Å². The molecule has 1 aromatic carbocycles. The predicted octanol–water partition coefficient (Wildman–Crippen LogP) is 3.87. The number of halogens is 1. The summed E-state index contributed by atoms with van der Waals surface area (Å²) in [7, 11) is 0. The maximum Gasteiger partial charge on any atom is 0.0562 e. The van der Waals surface area contributed by atoms with Crippen molar-refractivity contribution in [1.82, 2.24) is 0 Å². The first-order valence-electron chi connectivity index (χ1n) is 4.73. The lowest BCUT2D eigenvalue weighted by Gasteiger charge is -2.11. The van der Waals surface area contributed by atoms with Crippen molar-refractivity contribution in [3.05, 3.63) is 56.2 Å². The van der Waals surface area contributed by atoms with Gasteiger partial charge >= 0.3 is 0 Å². The van der Waals surface area contributed by atoms with E-state index in [9.17, 15) is 0 Å². The first-order chi connectivity index (χ1) is 7.18. The van der Waals surface area contributed by atoms with E-state index in [2.05, 4.69) is 46.4 Å². The summed E-state index contributed by atoms with van der Waals surface area (Å²) in [4.78, 5) is 1.30. The van der Waals surface area contributed by atoms with Gasteiger partial charge in [0.15, 0.2) is 0 Å². The van der Waals surface area contributed by atoms with Crippen molar-refractivity contribution in [2.24, 2.45) is 5.73 Å². The Morgan fingerprint density at radius 2 is 1.87 bits per heavy atom. The van der Waals surface area contributed by atoms with Gasteiger partial charge in [0, 0.05) is 9.35 Å². The largest absolute Gasteiger partial charge is 0.320 e. The maximum absolute atomic E-state index is 6.20. The second-order valence-corrected chi connectivity index (χ2v) is 5.50. The lowest BCUT2D eigenvalue weighted by molar-refractivity contribution is 0.869. The number of rotatable bonds is 2. The van der Waals surface area contributed by atoms with E-state index < -0.39 is 0 Å². The molecule has 0 aliphatic carbocycles. The third-order valence-electron chi connectivity index (χ3n) is 2.46. The summed E-state index contributed by atoms with van der Waals surface area (Å²) in [6.07, 6.45) is 0. The molecule has 78 valence electrons. The Hall–Kier alpha value is -0.640. The first kappa shape index (κ1) is 10.9. The molecule has 0 radical (unpaired) electrons. The van der Waals surface area contributed by atoms with Crippen LogP contribution in [-0.2, 0) is 0 Å². The molecule has 1 heterocycles. The van der Waals surface area contributed by atoms with E-state index >= 15 is 0 Å². The first-order valence-corrected chi connectivity index (χ1v) is 6.41. The predicted molar refractivity (Wildman–Crippen MR) is 69.2 cm³/mol. The van der Waals surface area contributed by atoms with E-state index in [0.29, 0.717) is 0 Å². The van der Waals surface area contributed by atoms with Gasteiger partial charge in [-0.15, -0.1) is 11.3 Å². The SMILES string of the molecule is Cc1sccc1C(N)c1ccc(Br)cc1. The Morgan fingerprint density at radius 1 is 1.20 bits per heavy atom. The van der Waals surface area contributed by atoms with Gasteiger partial charge in [-0.25, -0.2) is 0 Å². The minimum absolute atomic E-state index is 0.00986. The van der Waals surface area contributed by atoms with E-state index in [0.717, 1.165) is 10.0 Å². The fourth-order valence-corrected chi connectivity index (χ4v) is 2.58. The van der Waals surface area contributed by atoms with E-state index in [-0.39, 0.29) is 6.04 Å². The minimum atomic E-state index is -0.00986. The van der Waals surface area contributed by atoms with Crippen molar-refractivity contribution in [2.45, 2.75) is 13.0 Å². The summed E-state index contributed by atoms with van der Waals surface area (Å²) >= 11 is 5.16. The fraction of sp³-hybridized carbons (Fsp3) is 0.167. The monoisotopic (exact) mass is 281 g/mol. The molecule has 0 aliphatic heterocycles. The summed E-state index contributed by atoms with van der Waals surface area (Å²) in [5.74, 6) is 0. The Morgan fingerprint density at radius 3 is 2.40 bits per heavy atom. The highest BCUT2D eigenvalue weighted by Gasteiger charge is 2.11. The quantitative estimate of drug-likeness (QED) is 0.889. The van der Waals surface area contributed by atoms with E-state index in [1.165, 1.54) is 10.4 Å². The third-order valence-corrected chi connectivity index (χ3v) is 3.85. The average Bonchev–Trinajstić information content (AvgIpc) is 2.65. The molecule has 0 aliphatic rings. The molecule has 0 fully saturated rings. The van der Waals surface area contributed by atoms with Gasteiger partial charge in [-0.1, -0.05) is 28.1 Å². The van der Waals surface area contributed by atoms with Crippen molar-refractivity contribution in [3.8, 4) is 0 Å². The Bertz CT molecular complexity index is 447. The molecule has 15 heavy (non-hydrogen) atoms. The van der Waals surface area contributed by atoms with Crippen molar-refractivity contribution < 1.29 is 0 Å². The number of aryl methyl sites for hydroxylation is 1. The van der Waals surface area contributed by atoms with Crippen LogP contribution in [0.25, 0.3) is 0 Å². The molecule has 0 amide bonds. The molecular weight excluding hydrogens is 270 g/mol. The molecule has 0 spiro atoms. The minimum Gasteiger partial charge on any atom is -0.320 e. The van der Waals surface area contributed by atoms with Gasteiger partial charge in [0.25, 0.3) is 0 Å². The molecule has 2 rings (SSSR count). The summed E-state index contributed by atoms with van der Waals surface area (Å²) < 4.78 is 1.08. The number of benzene rings is 1. The van der Waals surface area contributed by atoms with Gasteiger partial charge in [-0.3, -0.25) is 0 Å². The standard InChI is InChI=1S/C12H12BrNS/c1-8-11(6-7-15-8)12(14)9-2-4-10(13)5-3-9/h2-7,12H,14H2,1H3. The van der Waals surface area contributed by atoms with Gasteiger partial charge in [-0.2, -0.15) is 0 Å². The second kappa shape index (κ2) is 4.47. The lowest BCUT2D eigenvalue weighted by atomic mass is 10.0. The van der Waals surface area contributed by atoms with Crippen LogP contribution >= 0.6 is 27.3 Å². The molecular formula is C12H12BrNS. The second-order valence-electron chi connectivity index (χ2n) is 3.46. The summed E-state index contributed by atoms with van der Waals surface area (Å²) in [6.45, 7) is 2.11. The van der Waals surface area contributed by atoms with Gasteiger partial charge in [0.2, 0.25) is 0 Å². The highest BCUT2D eigenvalue weighted by Crippen LogP contribution is 2.26. The molecule has 2 aromatic rings. The van der Waals surface area contributed by atoms with Crippen LogP contribution in [-0.4, -0.2) is 0 Å². The maximum atomic E-state index is 6.20. The van der Waals surface area contributed by atoms with Gasteiger partial charge < -0.3 is 5.73 Å². The van der Waals surface area contributed by atoms with Crippen LogP contribution < -0.4 is 5.73 Å². The zero-order valence-electron chi connectivity index (χ0n) is 8.41. The van der Waals surface area contributed by atoms with Crippen molar-refractivity contribution >= 4 is 27.3 Å². The molecule has 2 N–H and O–H groups in total. The highest BCUT2D eigenvalue weighted by atomic mass is 79.9. The summed E-state index contributed by atoms with van der Waals surface area (Å²) in [5.41, 5.74) is 8.58. The zero-order chi connectivity index (χ0) is 10.8. The van der Waals surface area contributed by atoms with Crippen LogP contribution in [0, 0.1) is 6.92 Å². The Balaban J connectivity index is 2.32. The number of thiophene rings is 1. The van der Waals surface area contributed by atoms with E-state index in [4.69, 9.17) is 5.73 Å². The molecule has 0 bridgehead atoms. The van der Waals surface area contributed by atoms with Crippen LogP contribution in [0.3, 0.4) is 0 Å². The normalized spacial score (nSPS) is 12.7. The molecule has 0 saturated heterocycles. The van der Waals surface area contributed by atoms with Crippen LogP contribution in [0.15, 0.2) is 40.2 Å². The summed E-state index contributed by atoms with van der Waals surface area (Å²) in [6, 6.07) is 10.3. The van der Waals surface area contributed by atoms with E-state index in [1.807, 2.05) is 12.1 Å². The van der Waals surface area contributed by atoms with Crippen molar-refractivity contribution in [1.29, 1.82) is 0 Å². The number of hydrogen-bond acceptors (Lipinski definition) is 2. The lowest BCUT2D eigenvalue weighted by Crippen LogP contribution is -2.11. The van der Waals surface area contributed by atoms with Crippen LogP contribution in [0.1, 0.15) is 22.0 Å². The fourth-order valence-electron chi connectivity index (χ4n) is 1.57. The topological polar surface area (TPSA) is 26.0 Å².